The van der Waals surface area contributed by atoms with E-state index >= 15 is 0 Å². The van der Waals surface area contributed by atoms with E-state index in [1.54, 1.807) is 0 Å². The van der Waals surface area contributed by atoms with Crippen LogP contribution < -0.4 is 16.0 Å². The average molecular weight is 261 g/mol. The van der Waals surface area contributed by atoms with Crippen LogP contribution in [0.15, 0.2) is 24.3 Å². The summed E-state index contributed by atoms with van der Waals surface area (Å²) >= 11 is 0. The molecule has 1 saturated heterocycles. The predicted molar refractivity (Wildman–Crippen MR) is 73.6 cm³/mol. The number of carbonyl (C=O) groups is 2. The summed E-state index contributed by atoms with van der Waals surface area (Å²) in [5.74, 6) is -0.0307. The van der Waals surface area contributed by atoms with Crippen LogP contribution in [0.4, 0.5) is 5.69 Å². The lowest BCUT2D eigenvalue weighted by molar-refractivity contribution is -0.123. The fraction of sp³-hybridized carbons (Fsp3) is 0.429. The minimum Gasteiger partial charge on any atom is -0.351 e. The molecule has 0 saturated carbocycles. The zero-order chi connectivity index (χ0) is 13.7. The van der Waals surface area contributed by atoms with Crippen LogP contribution in [-0.4, -0.2) is 24.4 Å². The predicted octanol–water partition coefficient (Wildman–Crippen LogP) is 1.01. The fourth-order valence-corrected chi connectivity index (χ4v) is 2.13. The minimum absolute atomic E-state index is 0.0429. The van der Waals surface area contributed by atoms with Gasteiger partial charge in [-0.05, 0) is 37.1 Å². The van der Waals surface area contributed by atoms with Crippen LogP contribution in [0.2, 0.25) is 0 Å². The maximum atomic E-state index is 11.8. The van der Waals surface area contributed by atoms with E-state index in [1.807, 2.05) is 24.3 Å². The van der Waals surface area contributed by atoms with E-state index in [4.69, 9.17) is 0 Å². The van der Waals surface area contributed by atoms with Crippen molar-refractivity contribution in [3.8, 4) is 0 Å². The highest BCUT2D eigenvalue weighted by molar-refractivity contribution is 5.88. The molecule has 5 nitrogen and oxygen atoms in total. The first-order valence-corrected chi connectivity index (χ1v) is 6.53. The molecule has 0 spiro atoms. The Labute approximate surface area is 112 Å². The summed E-state index contributed by atoms with van der Waals surface area (Å²) in [7, 11) is 0. The third-order valence-electron chi connectivity index (χ3n) is 3.12. The van der Waals surface area contributed by atoms with Gasteiger partial charge in [0.05, 0.1) is 6.04 Å². The molecule has 2 rings (SSSR count). The molecule has 1 aliphatic heterocycles. The maximum Gasteiger partial charge on any atom is 0.237 e. The molecule has 102 valence electrons. The van der Waals surface area contributed by atoms with Gasteiger partial charge >= 0.3 is 0 Å². The minimum atomic E-state index is -0.0895. The second-order valence-electron chi connectivity index (χ2n) is 4.74. The van der Waals surface area contributed by atoms with Crippen LogP contribution >= 0.6 is 0 Å². The van der Waals surface area contributed by atoms with Gasteiger partial charge in [-0.2, -0.15) is 0 Å². The molecule has 19 heavy (non-hydrogen) atoms. The van der Waals surface area contributed by atoms with E-state index in [1.165, 1.54) is 6.92 Å². The van der Waals surface area contributed by atoms with Gasteiger partial charge in [0.1, 0.15) is 0 Å². The Hall–Kier alpha value is -1.88. The highest BCUT2D eigenvalue weighted by atomic mass is 16.2. The Morgan fingerprint density at radius 3 is 2.63 bits per heavy atom. The summed E-state index contributed by atoms with van der Waals surface area (Å²) in [4.78, 5) is 22.7. The summed E-state index contributed by atoms with van der Waals surface area (Å²) in [6.07, 6.45) is 1.97. The smallest absolute Gasteiger partial charge is 0.237 e. The van der Waals surface area contributed by atoms with Crippen molar-refractivity contribution >= 4 is 17.5 Å². The summed E-state index contributed by atoms with van der Waals surface area (Å²) in [6.45, 7) is 2.91. The molecular formula is C14H19N3O2. The monoisotopic (exact) mass is 261 g/mol. The summed E-state index contributed by atoms with van der Waals surface area (Å²) in [5.41, 5.74) is 1.78. The van der Waals surface area contributed by atoms with Gasteiger partial charge in [0.25, 0.3) is 0 Å². The Kier molecular flexibility index (Phi) is 4.52. The van der Waals surface area contributed by atoms with Crippen LogP contribution in [-0.2, 0) is 16.1 Å². The highest BCUT2D eigenvalue weighted by Crippen LogP contribution is 2.10. The lowest BCUT2D eigenvalue weighted by atomic mass is 10.2. The molecule has 1 aliphatic rings. The zero-order valence-corrected chi connectivity index (χ0v) is 11.0. The van der Waals surface area contributed by atoms with Crippen LogP contribution in [0.5, 0.6) is 0 Å². The van der Waals surface area contributed by atoms with Gasteiger partial charge in [-0.25, -0.2) is 0 Å². The molecule has 1 heterocycles. The first kappa shape index (κ1) is 13.5. The molecule has 1 atom stereocenters. The number of nitrogens with one attached hydrogen (secondary N) is 3. The number of amides is 2. The molecular weight excluding hydrogens is 242 g/mol. The van der Waals surface area contributed by atoms with Crippen LogP contribution in [0.1, 0.15) is 25.3 Å². The van der Waals surface area contributed by atoms with Crippen molar-refractivity contribution in [2.24, 2.45) is 0 Å². The number of rotatable bonds is 4. The van der Waals surface area contributed by atoms with Gasteiger partial charge in [0.15, 0.2) is 0 Å². The van der Waals surface area contributed by atoms with Crippen molar-refractivity contribution in [3.05, 3.63) is 29.8 Å². The third-order valence-corrected chi connectivity index (χ3v) is 3.12. The quantitative estimate of drug-likeness (QED) is 0.757. The molecule has 1 fully saturated rings. The number of benzene rings is 1. The second kappa shape index (κ2) is 6.33. The maximum absolute atomic E-state index is 11.8. The van der Waals surface area contributed by atoms with Crippen LogP contribution in [0, 0.1) is 0 Å². The molecule has 1 aromatic carbocycles. The van der Waals surface area contributed by atoms with Gasteiger partial charge in [-0.3, -0.25) is 9.59 Å². The Morgan fingerprint density at radius 2 is 2.05 bits per heavy atom. The van der Waals surface area contributed by atoms with E-state index in [-0.39, 0.29) is 17.9 Å². The Balaban J connectivity index is 1.82. The van der Waals surface area contributed by atoms with E-state index in [9.17, 15) is 9.59 Å². The van der Waals surface area contributed by atoms with E-state index in [0.717, 1.165) is 30.6 Å². The standard InChI is InChI=1S/C14H19N3O2/c1-10(18)17-12-6-4-11(5-7-12)9-16-14(19)13-3-2-8-15-13/h4-7,13,15H,2-3,8-9H2,1H3,(H,16,19)(H,17,18)/t13-/m1/s1. The van der Waals surface area contributed by atoms with Gasteiger partial charge in [0, 0.05) is 19.2 Å². The average Bonchev–Trinajstić information content (AvgIpc) is 2.91. The van der Waals surface area contributed by atoms with Crippen LogP contribution in [0.3, 0.4) is 0 Å². The number of hydrogen-bond acceptors (Lipinski definition) is 3. The van der Waals surface area contributed by atoms with Gasteiger partial charge in [-0.1, -0.05) is 12.1 Å². The lowest BCUT2D eigenvalue weighted by Crippen LogP contribution is -2.39. The van der Waals surface area contributed by atoms with Crippen molar-refractivity contribution in [3.63, 3.8) is 0 Å². The van der Waals surface area contributed by atoms with Gasteiger partial charge < -0.3 is 16.0 Å². The first-order chi connectivity index (χ1) is 9.15. The largest absolute Gasteiger partial charge is 0.351 e. The van der Waals surface area contributed by atoms with E-state index in [2.05, 4.69) is 16.0 Å². The summed E-state index contributed by atoms with van der Waals surface area (Å²) < 4.78 is 0. The molecule has 0 aliphatic carbocycles. The normalized spacial score (nSPS) is 18.1. The highest BCUT2D eigenvalue weighted by Gasteiger charge is 2.21. The SMILES string of the molecule is CC(=O)Nc1ccc(CNC(=O)[C@H]2CCCN2)cc1. The van der Waals surface area contributed by atoms with E-state index in [0.29, 0.717) is 6.54 Å². The summed E-state index contributed by atoms with van der Waals surface area (Å²) in [5, 5.41) is 8.78. The molecule has 2 amide bonds. The first-order valence-electron chi connectivity index (χ1n) is 6.53. The topological polar surface area (TPSA) is 70.2 Å². The van der Waals surface area contributed by atoms with Crippen molar-refractivity contribution in [2.45, 2.75) is 32.4 Å². The fourth-order valence-electron chi connectivity index (χ4n) is 2.13. The molecule has 0 aromatic heterocycles. The van der Waals surface area contributed by atoms with Crippen LogP contribution in [0.25, 0.3) is 0 Å². The lowest BCUT2D eigenvalue weighted by Gasteiger charge is -2.11. The van der Waals surface area contributed by atoms with Crippen molar-refractivity contribution in [1.82, 2.24) is 10.6 Å². The molecule has 0 bridgehead atoms. The Morgan fingerprint density at radius 1 is 1.32 bits per heavy atom. The molecule has 1 aromatic rings. The van der Waals surface area contributed by atoms with Crippen molar-refractivity contribution in [2.75, 3.05) is 11.9 Å². The number of hydrogen-bond donors (Lipinski definition) is 3. The van der Waals surface area contributed by atoms with Crippen molar-refractivity contribution in [1.29, 1.82) is 0 Å². The van der Waals surface area contributed by atoms with E-state index < -0.39 is 0 Å². The number of anilines is 1. The molecule has 5 heteroatoms. The third kappa shape index (κ3) is 4.06. The van der Waals surface area contributed by atoms with Gasteiger partial charge in [0.2, 0.25) is 11.8 Å². The molecule has 0 radical (unpaired) electrons. The van der Waals surface area contributed by atoms with Crippen molar-refractivity contribution < 1.29 is 9.59 Å². The second-order valence-corrected chi connectivity index (χ2v) is 4.74. The number of carbonyl (C=O) groups excluding carboxylic acids is 2. The zero-order valence-electron chi connectivity index (χ0n) is 11.0. The molecule has 3 N–H and O–H groups in total. The summed E-state index contributed by atoms with van der Waals surface area (Å²) in [6, 6.07) is 7.41. The molecule has 0 unspecified atom stereocenters. The Bertz CT molecular complexity index is 450. The van der Waals surface area contributed by atoms with Gasteiger partial charge in [-0.15, -0.1) is 0 Å².